The Morgan fingerprint density at radius 1 is 1.36 bits per heavy atom. The molecule has 1 aliphatic rings. The summed E-state index contributed by atoms with van der Waals surface area (Å²) < 4.78 is 10.4. The maximum absolute atomic E-state index is 12.1. The maximum Gasteiger partial charge on any atom is 0.407 e. The number of ether oxygens (including phenoxy) is 2. The van der Waals surface area contributed by atoms with Gasteiger partial charge in [-0.15, -0.1) is 0 Å². The van der Waals surface area contributed by atoms with Crippen molar-refractivity contribution in [2.45, 2.75) is 32.9 Å². The standard InChI is InChI=1S/C17H21NO4/c1-17(2,3)15(19)22-14(13-11-21-16(20)18-13)10-9-12-7-5-4-6-8-12/h4-10,13-14H,11H2,1-3H3,(H,18,20)/b10-9+/t13-,14+/m1/s1. The van der Waals surface area contributed by atoms with Crippen molar-refractivity contribution in [3.8, 4) is 0 Å². The highest BCUT2D eigenvalue weighted by molar-refractivity contribution is 5.76. The molecule has 1 aromatic carbocycles. The lowest BCUT2D eigenvalue weighted by molar-refractivity contribution is -0.157. The van der Waals surface area contributed by atoms with Crippen molar-refractivity contribution in [3.63, 3.8) is 0 Å². The van der Waals surface area contributed by atoms with Crippen molar-refractivity contribution in [1.82, 2.24) is 5.32 Å². The van der Waals surface area contributed by atoms with Crippen LogP contribution in [0.1, 0.15) is 26.3 Å². The van der Waals surface area contributed by atoms with Gasteiger partial charge < -0.3 is 14.8 Å². The Kier molecular flexibility index (Phi) is 4.85. The Balaban J connectivity index is 2.13. The topological polar surface area (TPSA) is 64.6 Å². The molecule has 2 atom stereocenters. The molecule has 1 amide bonds. The van der Waals surface area contributed by atoms with Gasteiger partial charge in [-0.3, -0.25) is 4.79 Å². The molecule has 0 unspecified atom stereocenters. The van der Waals surface area contributed by atoms with E-state index in [9.17, 15) is 9.59 Å². The summed E-state index contributed by atoms with van der Waals surface area (Å²) >= 11 is 0. The van der Waals surface area contributed by atoms with Gasteiger partial charge >= 0.3 is 12.1 Å². The number of benzene rings is 1. The molecule has 0 saturated carbocycles. The van der Waals surface area contributed by atoms with Gasteiger partial charge in [0.2, 0.25) is 0 Å². The fourth-order valence-corrected chi connectivity index (χ4v) is 1.90. The first-order valence-corrected chi connectivity index (χ1v) is 7.24. The molecule has 22 heavy (non-hydrogen) atoms. The van der Waals surface area contributed by atoms with Crippen molar-refractivity contribution in [2.24, 2.45) is 5.41 Å². The van der Waals surface area contributed by atoms with Gasteiger partial charge in [0.1, 0.15) is 18.8 Å². The minimum atomic E-state index is -0.609. The van der Waals surface area contributed by atoms with Gasteiger partial charge in [-0.2, -0.15) is 0 Å². The van der Waals surface area contributed by atoms with Gasteiger partial charge in [0, 0.05) is 0 Å². The zero-order valence-electron chi connectivity index (χ0n) is 13.0. The van der Waals surface area contributed by atoms with Gasteiger partial charge in [0.05, 0.1) is 5.41 Å². The molecule has 1 fully saturated rings. The number of esters is 1. The zero-order chi connectivity index (χ0) is 16.2. The molecule has 1 N–H and O–H groups in total. The van der Waals surface area contributed by atoms with E-state index < -0.39 is 17.6 Å². The van der Waals surface area contributed by atoms with E-state index in [1.807, 2.05) is 36.4 Å². The van der Waals surface area contributed by atoms with Crippen LogP contribution in [0, 0.1) is 5.41 Å². The number of carbonyl (C=O) groups is 2. The third-order valence-electron chi connectivity index (χ3n) is 3.23. The van der Waals surface area contributed by atoms with Crippen LogP contribution in [0.4, 0.5) is 4.79 Å². The fraction of sp³-hybridized carbons (Fsp3) is 0.412. The molecule has 0 aromatic heterocycles. The van der Waals surface area contributed by atoms with Gasteiger partial charge in [0.25, 0.3) is 0 Å². The minimum absolute atomic E-state index is 0.181. The fourth-order valence-electron chi connectivity index (χ4n) is 1.90. The number of rotatable bonds is 4. The van der Waals surface area contributed by atoms with E-state index in [4.69, 9.17) is 9.47 Å². The molecular formula is C17H21NO4. The van der Waals surface area contributed by atoms with E-state index in [-0.39, 0.29) is 18.6 Å². The molecule has 0 aliphatic carbocycles. The molecule has 118 valence electrons. The summed E-state index contributed by atoms with van der Waals surface area (Å²) in [5.74, 6) is -0.323. The Morgan fingerprint density at radius 2 is 2.05 bits per heavy atom. The highest BCUT2D eigenvalue weighted by Gasteiger charge is 2.34. The van der Waals surface area contributed by atoms with E-state index in [1.54, 1.807) is 26.8 Å². The smallest absolute Gasteiger partial charge is 0.407 e. The number of cyclic esters (lactones) is 1. The van der Waals surface area contributed by atoms with Crippen LogP contribution in [0.15, 0.2) is 36.4 Å². The summed E-state index contributed by atoms with van der Waals surface area (Å²) in [6, 6.07) is 9.30. The van der Waals surface area contributed by atoms with Gasteiger partial charge in [0.15, 0.2) is 0 Å². The van der Waals surface area contributed by atoms with E-state index in [0.717, 1.165) is 5.56 Å². The van der Waals surface area contributed by atoms with Crippen LogP contribution in [-0.4, -0.2) is 30.8 Å². The van der Waals surface area contributed by atoms with Crippen molar-refractivity contribution >= 4 is 18.1 Å². The largest absolute Gasteiger partial charge is 0.455 e. The molecule has 1 aliphatic heterocycles. The molecule has 5 heteroatoms. The van der Waals surface area contributed by atoms with E-state index >= 15 is 0 Å². The first-order chi connectivity index (χ1) is 10.4. The number of carbonyl (C=O) groups excluding carboxylic acids is 2. The molecular weight excluding hydrogens is 282 g/mol. The van der Waals surface area contributed by atoms with Crippen LogP contribution < -0.4 is 5.32 Å². The highest BCUT2D eigenvalue weighted by atomic mass is 16.6. The molecule has 1 saturated heterocycles. The monoisotopic (exact) mass is 303 g/mol. The summed E-state index contributed by atoms with van der Waals surface area (Å²) in [5.41, 5.74) is 0.382. The lowest BCUT2D eigenvalue weighted by atomic mass is 9.97. The van der Waals surface area contributed by atoms with Crippen LogP contribution in [-0.2, 0) is 14.3 Å². The molecule has 1 aromatic rings. The Labute approximate surface area is 130 Å². The second-order valence-electron chi connectivity index (χ2n) is 6.24. The summed E-state index contributed by atoms with van der Waals surface area (Å²) in [5, 5.41) is 2.66. The maximum atomic E-state index is 12.1. The zero-order valence-corrected chi connectivity index (χ0v) is 13.0. The van der Waals surface area contributed by atoms with Crippen LogP contribution in [0.3, 0.4) is 0 Å². The van der Waals surface area contributed by atoms with Gasteiger partial charge in [-0.05, 0) is 32.4 Å². The molecule has 0 radical (unpaired) electrons. The second-order valence-corrected chi connectivity index (χ2v) is 6.24. The predicted molar refractivity (Wildman–Crippen MR) is 83.1 cm³/mol. The second kappa shape index (κ2) is 6.64. The van der Waals surface area contributed by atoms with E-state index in [2.05, 4.69) is 5.32 Å². The van der Waals surface area contributed by atoms with Crippen molar-refractivity contribution in [3.05, 3.63) is 42.0 Å². The third kappa shape index (κ3) is 4.35. The molecule has 1 heterocycles. The number of alkyl carbamates (subject to hydrolysis) is 1. The Morgan fingerprint density at radius 3 is 2.59 bits per heavy atom. The molecule has 5 nitrogen and oxygen atoms in total. The summed E-state index contributed by atoms with van der Waals surface area (Å²) in [6.07, 6.45) is 2.58. The number of hydrogen-bond acceptors (Lipinski definition) is 4. The number of hydrogen-bond donors (Lipinski definition) is 1. The SMILES string of the molecule is CC(C)(C)C(=O)O[C@@H](/C=C/c1ccccc1)[C@H]1COC(=O)N1. The predicted octanol–water partition coefficient (Wildman–Crippen LogP) is 2.77. The van der Waals surface area contributed by atoms with E-state index in [0.29, 0.717) is 0 Å². The third-order valence-corrected chi connectivity index (χ3v) is 3.23. The van der Waals surface area contributed by atoms with Crippen LogP contribution in [0.25, 0.3) is 6.08 Å². The molecule has 0 spiro atoms. The Bertz CT molecular complexity index is 560. The van der Waals surface area contributed by atoms with Gasteiger partial charge in [-0.1, -0.05) is 36.4 Å². The number of nitrogens with one attached hydrogen (secondary N) is 1. The lowest BCUT2D eigenvalue weighted by Crippen LogP contribution is -2.41. The minimum Gasteiger partial charge on any atom is -0.455 e. The lowest BCUT2D eigenvalue weighted by Gasteiger charge is -2.24. The van der Waals surface area contributed by atoms with Crippen LogP contribution in [0.5, 0.6) is 0 Å². The van der Waals surface area contributed by atoms with Crippen molar-refractivity contribution in [2.75, 3.05) is 6.61 Å². The average molecular weight is 303 g/mol. The summed E-state index contributed by atoms with van der Waals surface area (Å²) in [7, 11) is 0. The highest BCUT2D eigenvalue weighted by Crippen LogP contribution is 2.19. The molecule has 0 bridgehead atoms. The van der Waals surface area contributed by atoms with Crippen molar-refractivity contribution < 1.29 is 19.1 Å². The first-order valence-electron chi connectivity index (χ1n) is 7.24. The average Bonchev–Trinajstić information content (AvgIpc) is 2.89. The Hall–Kier alpha value is -2.30. The van der Waals surface area contributed by atoms with E-state index in [1.165, 1.54) is 0 Å². The van der Waals surface area contributed by atoms with Crippen molar-refractivity contribution in [1.29, 1.82) is 0 Å². The van der Waals surface area contributed by atoms with Crippen LogP contribution >= 0.6 is 0 Å². The van der Waals surface area contributed by atoms with Crippen LogP contribution in [0.2, 0.25) is 0 Å². The number of amides is 1. The first kappa shape index (κ1) is 16.1. The quantitative estimate of drug-likeness (QED) is 0.869. The summed E-state index contributed by atoms with van der Waals surface area (Å²) in [6.45, 7) is 5.55. The van der Waals surface area contributed by atoms with Gasteiger partial charge in [-0.25, -0.2) is 4.79 Å². The molecule has 2 rings (SSSR count). The normalized spacial score (nSPS) is 19.6. The summed E-state index contributed by atoms with van der Waals surface area (Å²) in [4.78, 5) is 23.3.